The van der Waals surface area contributed by atoms with E-state index < -0.39 is 0 Å². The molecule has 0 saturated carbocycles. The second-order valence-corrected chi connectivity index (χ2v) is 6.13. The van der Waals surface area contributed by atoms with Crippen LogP contribution in [0, 0.1) is 0 Å². The van der Waals surface area contributed by atoms with Crippen LogP contribution < -0.4 is 0 Å². The van der Waals surface area contributed by atoms with Gasteiger partial charge in [-0.25, -0.2) is 0 Å². The highest BCUT2D eigenvalue weighted by atomic mass is 16.5. The maximum absolute atomic E-state index is 12.7. The second kappa shape index (κ2) is 6.41. The normalized spacial score (nSPS) is 17.6. The summed E-state index contributed by atoms with van der Waals surface area (Å²) in [6, 6.07) is 13.3. The van der Waals surface area contributed by atoms with E-state index >= 15 is 0 Å². The lowest BCUT2D eigenvalue weighted by Gasteiger charge is -2.16. The summed E-state index contributed by atoms with van der Waals surface area (Å²) >= 11 is 0. The summed E-state index contributed by atoms with van der Waals surface area (Å²) in [5.74, 6) is 0.151. The van der Waals surface area contributed by atoms with Crippen LogP contribution in [0.25, 0.3) is 0 Å². The first-order valence-electron chi connectivity index (χ1n) is 8.02. The Morgan fingerprint density at radius 2 is 1.96 bits per heavy atom. The molecule has 0 bridgehead atoms. The fourth-order valence-electron chi connectivity index (χ4n) is 3.43. The summed E-state index contributed by atoms with van der Waals surface area (Å²) in [7, 11) is 0. The monoisotopic (exact) mass is 311 g/mol. The van der Waals surface area contributed by atoms with Crippen LogP contribution in [-0.4, -0.2) is 22.4 Å². The maximum Gasteiger partial charge on any atom is 0.302 e. The first-order valence-corrected chi connectivity index (χ1v) is 8.02. The predicted molar refractivity (Wildman–Crippen MR) is 87.5 cm³/mol. The van der Waals surface area contributed by atoms with Crippen molar-refractivity contribution < 1.29 is 14.3 Å². The lowest BCUT2D eigenvalue weighted by Crippen LogP contribution is -2.15. The fourth-order valence-corrected chi connectivity index (χ4v) is 3.43. The number of esters is 1. The predicted octanol–water partition coefficient (Wildman–Crippen LogP) is 3.55. The van der Waals surface area contributed by atoms with Crippen molar-refractivity contribution in [3.8, 4) is 0 Å². The first-order chi connectivity index (χ1) is 11.1. The Kier molecular flexibility index (Phi) is 4.33. The highest BCUT2D eigenvalue weighted by Gasteiger charge is 2.28. The summed E-state index contributed by atoms with van der Waals surface area (Å²) < 4.78 is 7.35. The topological polar surface area (TPSA) is 48.3 Å². The van der Waals surface area contributed by atoms with Crippen LogP contribution in [0.4, 0.5) is 0 Å². The molecule has 23 heavy (non-hydrogen) atoms. The van der Waals surface area contributed by atoms with Crippen molar-refractivity contribution in [1.82, 2.24) is 4.57 Å². The zero-order valence-corrected chi connectivity index (χ0v) is 13.5. The number of aromatic nitrogens is 1. The van der Waals surface area contributed by atoms with Crippen LogP contribution >= 0.6 is 0 Å². The van der Waals surface area contributed by atoms with E-state index in [0.29, 0.717) is 11.5 Å². The van der Waals surface area contributed by atoms with E-state index in [1.807, 2.05) is 49.4 Å². The SMILES string of the molecule is CC(=O)OC(C)CC1CCn2c(C(=O)c3ccccc3)ccc21. The lowest BCUT2D eigenvalue weighted by atomic mass is 9.97. The Morgan fingerprint density at radius 1 is 1.22 bits per heavy atom. The van der Waals surface area contributed by atoms with Gasteiger partial charge in [0.05, 0.1) is 11.8 Å². The molecule has 2 unspecified atom stereocenters. The van der Waals surface area contributed by atoms with E-state index in [0.717, 1.165) is 25.1 Å². The molecular weight excluding hydrogens is 290 g/mol. The van der Waals surface area contributed by atoms with E-state index in [4.69, 9.17) is 4.74 Å². The number of nitrogens with zero attached hydrogens (tertiary/aromatic N) is 1. The number of hydrogen-bond donors (Lipinski definition) is 0. The van der Waals surface area contributed by atoms with E-state index in [1.165, 1.54) is 12.6 Å². The molecule has 0 spiro atoms. The molecule has 1 aromatic heterocycles. The maximum atomic E-state index is 12.7. The van der Waals surface area contributed by atoms with Gasteiger partial charge in [-0.05, 0) is 31.9 Å². The minimum absolute atomic E-state index is 0.0607. The molecule has 0 saturated heterocycles. The molecule has 2 heterocycles. The Bertz CT molecular complexity index is 717. The molecule has 0 amide bonds. The number of rotatable bonds is 5. The van der Waals surface area contributed by atoms with E-state index in [2.05, 4.69) is 4.57 Å². The zero-order valence-electron chi connectivity index (χ0n) is 13.5. The Hall–Kier alpha value is -2.36. The average Bonchev–Trinajstić information content (AvgIpc) is 3.10. The number of hydrogen-bond acceptors (Lipinski definition) is 3. The lowest BCUT2D eigenvalue weighted by molar-refractivity contribution is -0.145. The standard InChI is InChI=1S/C19H21NO3/c1-13(23-14(2)21)12-16-10-11-20-17(16)8-9-18(20)19(22)15-6-4-3-5-7-15/h3-9,13,16H,10-12H2,1-2H3. The molecule has 1 aliphatic rings. The van der Waals surface area contributed by atoms with Gasteiger partial charge in [-0.15, -0.1) is 0 Å². The van der Waals surface area contributed by atoms with Crippen molar-refractivity contribution in [2.75, 3.05) is 0 Å². The van der Waals surface area contributed by atoms with Gasteiger partial charge >= 0.3 is 5.97 Å². The molecule has 120 valence electrons. The van der Waals surface area contributed by atoms with Gasteiger partial charge in [-0.1, -0.05) is 30.3 Å². The van der Waals surface area contributed by atoms with Gasteiger partial charge in [-0.2, -0.15) is 0 Å². The van der Waals surface area contributed by atoms with Crippen LogP contribution in [0.1, 0.15) is 54.4 Å². The highest BCUT2D eigenvalue weighted by molar-refractivity contribution is 6.08. The smallest absolute Gasteiger partial charge is 0.302 e. The largest absolute Gasteiger partial charge is 0.463 e. The third kappa shape index (κ3) is 3.21. The number of fused-ring (bicyclic) bond motifs is 1. The van der Waals surface area contributed by atoms with Gasteiger partial charge < -0.3 is 9.30 Å². The molecule has 2 atom stereocenters. The molecule has 3 rings (SSSR count). The molecule has 1 aliphatic heterocycles. The third-order valence-electron chi connectivity index (χ3n) is 4.39. The Balaban J connectivity index is 1.78. The number of carbonyl (C=O) groups is 2. The molecule has 0 N–H and O–H groups in total. The van der Waals surface area contributed by atoms with Crippen molar-refractivity contribution in [2.24, 2.45) is 0 Å². The van der Waals surface area contributed by atoms with Crippen LogP contribution in [0.3, 0.4) is 0 Å². The van der Waals surface area contributed by atoms with Gasteiger partial charge in [0.15, 0.2) is 0 Å². The van der Waals surface area contributed by atoms with Gasteiger partial charge in [0.1, 0.15) is 0 Å². The van der Waals surface area contributed by atoms with Crippen molar-refractivity contribution in [2.45, 2.75) is 45.3 Å². The molecule has 0 fully saturated rings. The van der Waals surface area contributed by atoms with Gasteiger partial charge in [-0.3, -0.25) is 9.59 Å². The summed E-state index contributed by atoms with van der Waals surface area (Å²) in [6.07, 6.45) is 1.67. The van der Waals surface area contributed by atoms with Gasteiger partial charge in [0.25, 0.3) is 0 Å². The number of ketones is 1. The summed E-state index contributed by atoms with van der Waals surface area (Å²) in [6.45, 7) is 4.20. The first kappa shape index (κ1) is 15.5. The Labute approximate surface area is 136 Å². The molecular formula is C19H21NO3. The molecule has 0 radical (unpaired) electrons. The van der Waals surface area contributed by atoms with Gasteiger partial charge in [0.2, 0.25) is 5.78 Å². The summed E-state index contributed by atoms with van der Waals surface area (Å²) in [4.78, 5) is 23.7. The fraction of sp³-hybridized carbons (Fsp3) is 0.368. The zero-order chi connectivity index (χ0) is 16.4. The minimum Gasteiger partial charge on any atom is -0.463 e. The van der Waals surface area contributed by atoms with Crippen molar-refractivity contribution in [3.63, 3.8) is 0 Å². The molecule has 4 nitrogen and oxygen atoms in total. The average molecular weight is 311 g/mol. The van der Waals surface area contributed by atoms with E-state index in [1.54, 1.807) is 0 Å². The van der Waals surface area contributed by atoms with Crippen molar-refractivity contribution >= 4 is 11.8 Å². The Morgan fingerprint density at radius 3 is 2.65 bits per heavy atom. The van der Waals surface area contributed by atoms with Crippen molar-refractivity contribution in [3.05, 3.63) is 59.4 Å². The summed E-state index contributed by atoms with van der Waals surface area (Å²) in [5, 5.41) is 0. The van der Waals surface area contributed by atoms with Crippen LogP contribution in [0.2, 0.25) is 0 Å². The quantitative estimate of drug-likeness (QED) is 0.627. The van der Waals surface area contributed by atoms with E-state index in [9.17, 15) is 9.59 Å². The molecule has 0 aliphatic carbocycles. The second-order valence-electron chi connectivity index (χ2n) is 6.13. The molecule has 2 aromatic rings. The van der Waals surface area contributed by atoms with E-state index in [-0.39, 0.29) is 17.9 Å². The van der Waals surface area contributed by atoms with Gasteiger partial charge in [0, 0.05) is 30.6 Å². The third-order valence-corrected chi connectivity index (χ3v) is 4.39. The summed E-state index contributed by atoms with van der Waals surface area (Å²) in [5.41, 5.74) is 2.63. The highest BCUT2D eigenvalue weighted by Crippen LogP contribution is 2.35. The van der Waals surface area contributed by atoms with Crippen molar-refractivity contribution in [1.29, 1.82) is 0 Å². The number of ether oxygens (including phenoxy) is 1. The van der Waals surface area contributed by atoms with Crippen LogP contribution in [-0.2, 0) is 16.1 Å². The number of carbonyl (C=O) groups excluding carboxylic acids is 2. The molecule has 1 aromatic carbocycles. The minimum atomic E-state index is -0.245. The number of benzene rings is 1. The van der Waals surface area contributed by atoms with Crippen LogP contribution in [0.15, 0.2) is 42.5 Å². The van der Waals surface area contributed by atoms with Crippen LogP contribution in [0.5, 0.6) is 0 Å². The molecule has 4 heteroatoms.